The maximum absolute atomic E-state index is 12.6. The highest BCUT2D eigenvalue weighted by Crippen LogP contribution is 2.36. The van der Waals surface area contributed by atoms with Gasteiger partial charge in [-0.15, -0.1) is 0 Å². The summed E-state index contributed by atoms with van der Waals surface area (Å²) >= 11 is 0. The summed E-state index contributed by atoms with van der Waals surface area (Å²) < 4.78 is 5.29. The van der Waals surface area contributed by atoms with Gasteiger partial charge in [0, 0.05) is 5.69 Å². The molecule has 4 rings (SSSR count). The SMILES string of the molecule is CCOC(=O)c1c(C)[nH]c(-c2ccccc2)c1-c1nc2ccccc2[nH]1. The van der Waals surface area contributed by atoms with Gasteiger partial charge in [0.25, 0.3) is 0 Å². The van der Waals surface area contributed by atoms with Gasteiger partial charge in [-0.3, -0.25) is 0 Å². The molecular weight excluding hydrogens is 326 g/mol. The van der Waals surface area contributed by atoms with Gasteiger partial charge in [-0.05, 0) is 31.5 Å². The fraction of sp³-hybridized carbons (Fsp3) is 0.143. The Kier molecular flexibility index (Phi) is 4.05. The Hall–Kier alpha value is -3.34. The number of aromatic nitrogens is 3. The van der Waals surface area contributed by atoms with Gasteiger partial charge in [-0.2, -0.15) is 0 Å². The number of nitrogens with zero attached hydrogens (tertiary/aromatic N) is 1. The third-order valence-corrected chi connectivity index (χ3v) is 4.36. The zero-order valence-electron chi connectivity index (χ0n) is 14.7. The molecule has 0 spiro atoms. The second kappa shape index (κ2) is 6.52. The van der Waals surface area contributed by atoms with Crippen LogP contribution in [-0.4, -0.2) is 27.5 Å². The van der Waals surface area contributed by atoms with Crippen LogP contribution in [0.25, 0.3) is 33.7 Å². The quantitative estimate of drug-likeness (QED) is 0.526. The third kappa shape index (κ3) is 2.67. The van der Waals surface area contributed by atoms with E-state index in [1.165, 1.54) is 0 Å². The Morgan fingerprint density at radius 1 is 1.04 bits per heavy atom. The summed E-state index contributed by atoms with van der Waals surface area (Å²) in [5.74, 6) is 0.302. The fourth-order valence-electron chi connectivity index (χ4n) is 3.21. The number of nitrogens with one attached hydrogen (secondary N) is 2. The van der Waals surface area contributed by atoms with Crippen LogP contribution in [0.1, 0.15) is 23.0 Å². The molecule has 2 aromatic heterocycles. The van der Waals surface area contributed by atoms with E-state index in [0.717, 1.165) is 33.5 Å². The van der Waals surface area contributed by atoms with Crippen molar-refractivity contribution in [2.45, 2.75) is 13.8 Å². The molecule has 0 atom stereocenters. The van der Waals surface area contributed by atoms with Gasteiger partial charge < -0.3 is 14.7 Å². The number of ether oxygens (including phenoxy) is 1. The number of H-pyrrole nitrogens is 2. The van der Waals surface area contributed by atoms with Gasteiger partial charge in [0.1, 0.15) is 5.82 Å². The number of carbonyl (C=O) groups is 1. The molecule has 0 radical (unpaired) electrons. The lowest BCUT2D eigenvalue weighted by atomic mass is 10.0. The first-order valence-corrected chi connectivity index (χ1v) is 8.59. The zero-order chi connectivity index (χ0) is 18.1. The minimum Gasteiger partial charge on any atom is -0.462 e. The number of fused-ring (bicyclic) bond motifs is 1. The van der Waals surface area contributed by atoms with E-state index in [9.17, 15) is 4.79 Å². The van der Waals surface area contributed by atoms with E-state index in [-0.39, 0.29) is 5.97 Å². The molecule has 0 aliphatic heterocycles. The van der Waals surface area contributed by atoms with Crippen molar-refractivity contribution in [1.82, 2.24) is 15.0 Å². The molecular formula is C21H19N3O2. The second-order valence-corrected chi connectivity index (χ2v) is 6.06. The highest BCUT2D eigenvalue weighted by atomic mass is 16.5. The number of rotatable bonds is 4. The second-order valence-electron chi connectivity index (χ2n) is 6.06. The van der Waals surface area contributed by atoms with Crippen molar-refractivity contribution < 1.29 is 9.53 Å². The molecule has 0 aliphatic rings. The van der Waals surface area contributed by atoms with Crippen LogP contribution in [0.4, 0.5) is 0 Å². The van der Waals surface area contributed by atoms with Crippen LogP contribution < -0.4 is 0 Å². The normalized spacial score (nSPS) is 11.0. The molecule has 26 heavy (non-hydrogen) atoms. The molecule has 2 aromatic carbocycles. The van der Waals surface area contributed by atoms with Crippen LogP contribution in [0.15, 0.2) is 54.6 Å². The zero-order valence-corrected chi connectivity index (χ0v) is 14.7. The minimum absolute atomic E-state index is 0.323. The van der Waals surface area contributed by atoms with Crippen LogP contribution in [0.3, 0.4) is 0 Å². The van der Waals surface area contributed by atoms with Gasteiger partial charge in [-0.25, -0.2) is 9.78 Å². The van der Waals surface area contributed by atoms with Crippen molar-refractivity contribution in [3.05, 3.63) is 65.9 Å². The Morgan fingerprint density at radius 2 is 1.77 bits per heavy atom. The maximum atomic E-state index is 12.6. The molecule has 0 aliphatic carbocycles. The van der Waals surface area contributed by atoms with E-state index in [1.807, 2.05) is 61.5 Å². The van der Waals surface area contributed by atoms with Crippen molar-refractivity contribution in [3.63, 3.8) is 0 Å². The first-order valence-electron chi connectivity index (χ1n) is 8.59. The molecule has 5 heteroatoms. The monoisotopic (exact) mass is 345 g/mol. The number of aryl methyl sites for hydroxylation is 1. The van der Waals surface area contributed by atoms with E-state index in [2.05, 4.69) is 9.97 Å². The van der Waals surface area contributed by atoms with Gasteiger partial charge in [0.05, 0.1) is 34.5 Å². The van der Waals surface area contributed by atoms with E-state index in [1.54, 1.807) is 6.92 Å². The lowest BCUT2D eigenvalue weighted by Gasteiger charge is -2.06. The lowest BCUT2D eigenvalue weighted by Crippen LogP contribution is -2.07. The number of imidazole rings is 1. The first-order chi connectivity index (χ1) is 12.7. The summed E-state index contributed by atoms with van der Waals surface area (Å²) in [6.45, 7) is 4.01. The molecule has 0 saturated heterocycles. The van der Waals surface area contributed by atoms with E-state index in [0.29, 0.717) is 18.0 Å². The molecule has 130 valence electrons. The predicted molar refractivity (Wildman–Crippen MR) is 102 cm³/mol. The van der Waals surface area contributed by atoms with Crippen molar-refractivity contribution in [2.24, 2.45) is 0 Å². The molecule has 0 unspecified atom stereocenters. The van der Waals surface area contributed by atoms with E-state index in [4.69, 9.17) is 9.72 Å². The topological polar surface area (TPSA) is 70.8 Å². The number of carbonyl (C=O) groups excluding carboxylic acids is 1. The molecule has 2 heterocycles. The van der Waals surface area contributed by atoms with Crippen LogP contribution in [0.5, 0.6) is 0 Å². The summed E-state index contributed by atoms with van der Waals surface area (Å²) in [5, 5.41) is 0. The molecule has 0 saturated carbocycles. The van der Waals surface area contributed by atoms with Crippen LogP contribution in [0, 0.1) is 6.92 Å². The minimum atomic E-state index is -0.348. The van der Waals surface area contributed by atoms with Gasteiger partial charge >= 0.3 is 5.97 Å². The molecule has 4 aromatic rings. The van der Waals surface area contributed by atoms with E-state index < -0.39 is 0 Å². The number of hydrogen-bond donors (Lipinski definition) is 2. The van der Waals surface area contributed by atoms with Gasteiger partial charge in [0.2, 0.25) is 0 Å². The van der Waals surface area contributed by atoms with Crippen molar-refractivity contribution in [1.29, 1.82) is 0 Å². The largest absolute Gasteiger partial charge is 0.462 e. The Balaban J connectivity index is 1.99. The highest BCUT2D eigenvalue weighted by Gasteiger charge is 2.26. The smallest absolute Gasteiger partial charge is 0.340 e. The summed E-state index contributed by atoms with van der Waals surface area (Å²) in [6, 6.07) is 17.7. The summed E-state index contributed by atoms with van der Waals surface area (Å²) in [7, 11) is 0. The Labute approximate surface area is 151 Å². The number of esters is 1. The Bertz CT molecular complexity index is 1040. The van der Waals surface area contributed by atoms with Crippen molar-refractivity contribution >= 4 is 17.0 Å². The molecule has 2 N–H and O–H groups in total. The Morgan fingerprint density at radius 3 is 2.50 bits per heavy atom. The average Bonchev–Trinajstić information content (AvgIpc) is 3.23. The predicted octanol–water partition coefficient (Wildman–Crippen LogP) is 4.71. The number of benzene rings is 2. The summed E-state index contributed by atoms with van der Waals surface area (Å²) in [6.07, 6.45) is 0. The first kappa shape index (κ1) is 16.1. The maximum Gasteiger partial charge on any atom is 0.340 e. The number of aromatic amines is 2. The molecule has 0 fully saturated rings. The highest BCUT2D eigenvalue weighted by molar-refractivity contribution is 6.03. The molecule has 0 amide bonds. The fourth-order valence-corrected chi connectivity index (χ4v) is 3.21. The standard InChI is InChI=1S/C21H19N3O2/c1-3-26-21(25)17-13(2)22-19(14-9-5-4-6-10-14)18(17)20-23-15-11-7-8-12-16(15)24-20/h4-12,22H,3H2,1-2H3,(H,23,24). The van der Waals surface area contributed by atoms with Crippen LogP contribution >= 0.6 is 0 Å². The van der Waals surface area contributed by atoms with Crippen LogP contribution in [0.2, 0.25) is 0 Å². The van der Waals surface area contributed by atoms with Crippen molar-refractivity contribution in [2.75, 3.05) is 6.61 Å². The number of para-hydroxylation sites is 2. The van der Waals surface area contributed by atoms with Crippen molar-refractivity contribution in [3.8, 4) is 22.6 Å². The molecule has 5 nitrogen and oxygen atoms in total. The average molecular weight is 345 g/mol. The summed E-state index contributed by atoms with van der Waals surface area (Å²) in [4.78, 5) is 24.0. The van der Waals surface area contributed by atoms with Crippen LogP contribution in [-0.2, 0) is 4.74 Å². The van der Waals surface area contributed by atoms with Gasteiger partial charge in [0.15, 0.2) is 0 Å². The lowest BCUT2D eigenvalue weighted by molar-refractivity contribution is 0.0526. The molecule has 0 bridgehead atoms. The summed E-state index contributed by atoms with van der Waals surface area (Å²) in [5.41, 5.74) is 5.64. The van der Waals surface area contributed by atoms with Gasteiger partial charge in [-0.1, -0.05) is 42.5 Å². The van der Waals surface area contributed by atoms with E-state index >= 15 is 0 Å². The number of hydrogen-bond acceptors (Lipinski definition) is 3. The third-order valence-electron chi connectivity index (χ3n) is 4.36.